The maximum atomic E-state index is 13.6. The van der Waals surface area contributed by atoms with Gasteiger partial charge in [0.2, 0.25) is 5.88 Å². The van der Waals surface area contributed by atoms with Crippen molar-refractivity contribution < 1.29 is 17.9 Å². The fourth-order valence-electron chi connectivity index (χ4n) is 2.94. The number of nitrogens with zero attached hydrogens (tertiary/aromatic N) is 4. The van der Waals surface area contributed by atoms with Crippen LogP contribution in [0.3, 0.4) is 0 Å². The first-order valence-electron chi connectivity index (χ1n) is 8.44. The zero-order chi connectivity index (χ0) is 19.7. The van der Waals surface area contributed by atoms with E-state index >= 15 is 0 Å². The molecule has 4 aromatic rings. The Morgan fingerprint density at radius 2 is 1.93 bits per heavy atom. The molecule has 3 aromatic heterocycles. The van der Waals surface area contributed by atoms with Crippen LogP contribution in [0.4, 0.5) is 13.2 Å². The average Bonchev–Trinajstić information content (AvgIpc) is 3.10. The van der Waals surface area contributed by atoms with Gasteiger partial charge < -0.3 is 4.74 Å². The number of benzene rings is 1. The molecule has 4 rings (SSSR count). The van der Waals surface area contributed by atoms with Crippen LogP contribution in [-0.2, 0) is 6.54 Å². The average molecular weight is 384 g/mol. The lowest BCUT2D eigenvalue weighted by Gasteiger charge is -2.08. The third-order valence-corrected chi connectivity index (χ3v) is 4.36. The molecule has 0 bridgehead atoms. The van der Waals surface area contributed by atoms with Gasteiger partial charge >= 0.3 is 0 Å². The van der Waals surface area contributed by atoms with E-state index in [-0.39, 0.29) is 0 Å². The Bertz CT molecular complexity index is 1140. The number of halogens is 3. The molecule has 0 fully saturated rings. The lowest BCUT2D eigenvalue weighted by atomic mass is 10.0. The van der Waals surface area contributed by atoms with Crippen LogP contribution in [0.25, 0.3) is 22.2 Å². The molecule has 0 aliphatic rings. The standard InChI is InChI=1S/C20H15F3N4O/c1-28-19-4-2-3-14(26-19)11-27-18-8-13(9-24-17(18)10-25-27)12-5-6-16(21)15(7-12)20(22)23/h2-10,20H,11H2,1H3. The Labute approximate surface area is 158 Å². The second-order valence-electron chi connectivity index (χ2n) is 6.14. The van der Waals surface area contributed by atoms with Gasteiger partial charge in [-0.1, -0.05) is 12.1 Å². The first-order chi connectivity index (χ1) is 13.5. The Morgan fingerprint density at radius 3 is 2.71 bits per heavy atom. The summed E-state index contributed by atoms with van der Waals surface area (Å²) in [5.41, 5.74) is 2.53. The Hall–Kier alpha value is -3.42. The molecule has 0 atom stereocenters. The molecule has 0 aliphatic carbocycles. The van der Waals surface area contributed by atoms with E-state index < -0.39 is 17.8 Å². The first-order valence-corrected chi connectivity index (χ1v) is 8.44. The van der Waals surface area contributed by atoms with Gasteiger partial charge in [-0.25, -0.2) is 18.2 Å². The third kappa shape index (κ3) is 3.40. The predicted octanol–water partition coefficient (Wildman–Crippen LogP) is 4.63. The highest BCUT2D eigenvalue weighted by Gasteiger charge is 2.15. The van der Waals surface area contributed by atoms with Crippen molar-refractivity contribution in [3.05, 3.63) is 71.9 Å². The molecule has 0 radical (unpaired) electrons. The van der Waals surface area contributed by atoms with Crippen LogP contribution in [0.1, 0.15) is 17.7 Å². The van der Waals surface area contributed by atoms with Gasteiger partial charge in [0.25, 0.3) is 6.43 Å². The van der Waals surface area contributed by atoms with Crippen molar-refractivity contribution in [3.8, 4) is 17.0 Å². The van der Waals surface area contributed by atoms with E-state index in [0.717, 1.165) is 17.8 Å². The molecule has 3 heterocycles. The van der Waals surface area contributed by atoms with Crippen LogP contribution >= 0.6 is 0 Å². The number of alkyl halides is 2. The van der Waals surface area contributed by atoms with Crippen molar-refractivity contribution in [1.82, 2.24) is 19.7 Å². The minimum absolute atomic E-state index is 0.386. The van der Waals surface area contributed by atoms with E-state index in [0.29, 0.717) is 34.6 Å². The molecule has 0 saturated heterocycles. The summed E-state index contributed by atoms with van der Waals surface area (Å²) in [6.07, 6.45) is 0.288. The topological polar surface area (TPSA) is 52.8 Å². The number of pyridine rings is 2. The largest absolute Gasteiger partial charge is 0.481 e. The van der Waals surface area contributed by atoms with Gasteiger partial charge in [0.05, 0.1) is 36.6 Å². The molecule has 0 N–H and O–H groups in total. The van der Waals surface area contributed by atoms with Crippen LogP contribution in [0.2, 0.25) is 0 Å². The summed E-state index contributed by atoms with van der Waals surface area (Å²) in [7, 11) is 1.54. The van der Waals surface area contributed by atoms with E-state index in [1.54, 1.807) is 36.3 Å². The molecule has 0 aliphatic heterocycles. The van der Waals surface area contributed by atoms with Crippen molar-refractivity contribution in [1.29, 1.82) is 0 Å². The lowest BCUT2D eigenvalue weighted by molar-refractivity contribution is 0.146. The first kappa shape index (κ1) is 18.0. The van der Waals surface area contributed by atoms with Crippen molar-refractivity contribution in [2.75, 3.05) is 7.11 Å². The van der Waals surface area contributed by atoms with Crippen LogP contribution in [0.5, 0.6) is 5.88 Å². The smallest absolute Gasteiger partial charge is 0.266 e. The zero-order valence-corrected chi connectivity index (χ0v) is 14.8. The highest BCUT2D eigenvalue weighted by molar-refractivity contribution is 5.80. The van der Waals surface area contributed by atoms with Gasteiger partial charge in [-0.15, -0.1) is 0 Å². The van der Waals surface area contributed by atoms with E-state index in [1.165, 1.54) is 6.07 Å². The molecule has 5 nitrogen and oxygen atoms in total. The Kier molecular flexibility index (Phi) is 4.68. The van der Waals surface area contributed by atoms with E-state index in [9.17, 15) is 13.2 Å². The maximum absolute atomic E-state index is 13.6. The van der Waals surface area contributed by atoms with Gasteiger partial charge in [0, 0.05) is 17.8 Å². The van der Waals surface area contributed by atoms with Crippen molar-refractivity contribution in [2.45, 2.75) is 13.0 Å². The SMILES string of the molecule is COc1cccc(Cn2ncc3ncc(-c4ccc(F)c(C(F)F)c4)cc32)n1. The van der Waals surface area contributed by atoms with Crippen LogP contribution in [-0.4, -0.2) is 26.9 Å². The number of hydrogen-bond donors (Lipinski definition) is 0. The number of rotatable bonds is 5. The number of fused-ring (bicyclic) bond motifs is 1. The molecule has 0 amide bonds. The van der Waals surface area contributed by atoms with Crippen molar-refractivity contribution in [2.24, 2.45) is 0 Å². The molecule has 0 spiro atoms. The normalized spacial score (nSPS) is 11.3. The number of methoxy groups -OCH3 is 1. The zero-order valence-electron chi connectivity index (χ0n) is 14.8. The summed E-state index contributed by atoms with van der Waals surface area (Å²) in [6, 6.07) is 10.9. The molecule has 0 unspecified atom stereocenters. The molecule has 142 valence electrons. The van der Waals surface area contributed by atoms with Gasteiger partial charge in [-0.05, 0) is 29.8 Å². The monoisotopic (exact) mass is 384 g/mol. The molecule has 28 heavy (non-hydrogen) atoms. The summed E-state index contributed by atoms with van der Waals surface area (Å²) < 4.78 is 46.4. The quantitative estimate of drug-likeness (QED) is 0.504. The highest BCUT2D eigenvalue weighted by atomic mass is 19.3. The number of hydrogen-bond acceptors (Lipinski definition) is 4. The Morgan fingerprint density at radius 1 is 1.07 bits per heavy atom. The van der Waals surface area contributed by atoms with E-state index in [4.69, 9.17) is 4.74 Å². The van der Waals surface area contributed by atoms with Gasteiger partial charge in [0.1, 0.15) is 11.3 Å². The fourth-order valence-corrected chi connectivity index (χ4v) is 2.94. The second-order valence-corrected chi connectivity index (χ2v) is 6.14. The summed E-state index contributed by atoms with van der Waals surface area (Å²) >= 11 is 0. The summed E-state index contributed by atoms with van der Waals surface area (Å²) in [5.74, 6) is -0.430. The van der Waals surface area contributed by atoms with Gasteiger partial charge in [-0.3, -0.25) is 9.67 Å². The maximum Gasteiger partial charge on any atom is 0.266 e. The van der Waals surface area contributed by atoms with E-state index in [1.807, 2.05) is 12.1 Å². The van der Waals surface area contributed by atoms with E-state index in [2.05, 4.69) is 15.1 Å². The molecule has 8 heteroatoms. The minimum Gasteiger partial charge on any atom is -0.481 e. The van der Waals surface area contributed by atoms with Gasteiger partial charge in [-0.2, -0.15) is 5.10 Å². The Balaban J connectivity index is 1.73. The van der Waals surface area contributed by atoms with Crippen LogP contribution in [0.15, 0.2) is 54.9 Å². The summed E-state index contributed by atoms with van der Waals surface area (Å²) in [5, 5.41) is 4.33. The third-order valence-electron chi connectivity index (χ3n) is 4.36. The van der Waals surface area contributed by atoms with Gasteiger partial charge in [0.15, 0.2) is 0 Å². The molecule has 0 saturated carbocycles. The van der Waals surface area contributed by atoms with Crippen molar-refractivity contribution in [3.63, 3.8) is 0 Å². The lowest BCUT2D eigenvalue weighted by Crippen LogP contribution is -2.04. The summed E-state index contributed by atoms with van der Waals surface area (Å²) in [4.78, 5) is 8.71. The number of aromatic nitrogens is 4. The van der Waals surface area contributed by atoms with Crippen molar-refractivity contribution >= 4 is 11.0 Å². The number of ether oxygens (including phenoxy) is 1. The molecular formula is C20H15F3N4O. The van der Waals surface area contributed by atoms with Crippen LogP contribution < -0.4 is 4.74 Å². The minimum atomic E-state index is -2.89. The highest BCUT2D eigenvalue weighted by Crippen LogP contribution is 2.29. The molecular weight excluding hydrogens is 369 g/mol. The second kappa shape index (κ2) is 7.30. The fraction of sp³-hybridized carbons (Fsp3) is 0.150. The summed E-state index contributed by atoms with van der Waals surface area (Å²) in [6.45, 7) is 0.386. The predicted molar refractivity (Wildman–Crippen MR) is 97.8 cm³/mol. The molecule has 1 aromatic carbocycles. The van der Waals surface area contributed by atoms with Crippen LogP contribution in [0, 0.1) is 5.82 Å².